The summed E-state index contributed by atoms with van der Waals surface area (Å²) in [5.41, 5.74) is 5.84. The van der Waals surface area contributed by atoms with Crippen LogP contribution >= 0.6 is 12.2 Å². The molecule has 0 fully saturated rings. The van der Waals surface area contributed by atoms with Gasteiger partial charge in [0.05, 0.1) is 16.9 Å². The Morgan fingerprint density at radius 2 is 2.00 bits per heavy atom. The van der Waals surface area contributed by atoms with Crippen molar-refractivity contribution < 1.29 is 14.1 Å². The van der Waals surface area contributed by atoms with Gasteiger partial charge in [0.1, 0.15) is 5.76 Å². The van der Waals surface area contributed by atoms with E-state index in [0.717, 1.165) is 0 Å². The van der Waals surface area contributed by atoms with Crippen LogP contribution in [0.4, 0.5) is 11.4 Å². The molecule has 0 aliphatic carbocycles. The normalized spacial score (nSPS) is 10.3. The number of non-ortho nitro benzene ring substituents is 1. The number of rotatable bonds is 5. The molecule has 0 saturated heterocycles. The van der Waals surface area contributed by atoms with Gasteiger partial charge >= 0.3 is 0 Å². The van der Waals surface area contributed by atoms with E-state index in [1.807, 2.05) is 0 Å². The molecular weight excluding hydrogens is 320 g/mol. The number of amides is 1. The molecule has 0 saturated carbocycles. The van der Waals surface area contributed by atoms with Crippen molar-refractivity contribution in [3.63, 3.8) is 0 Å². The highest BCUT2D eigenvalue weighted by Gasteiger charge is 2.04. The van der Waals surface area contributed by atoms with Gasteiger partial charge in [-0.2, -0.15) is 0 Å². The summed E-state index contributed by atoms with van der Waals surface area (Å²) in [5.74, 6) is 0.118. The number of nitrogens with zero attached hydrogens (tertiary/aromatic N) is 1. The van der Waals surface area contributed by atoms with Crippen molar-refractivity contribution in [2.45, 2.75) is 0 Å². The van der Waals surface area contributed by atoms with E-state index in [0.29, 0.717) is 11.4 Å². The molecule has 3 N–H and O–H groups in total. The Morgan fingerprint density at radius 1 is 1.26 bits per heavy atom. The minimum Gasteiger partial charge on any atom is -0.465 e. The van der Waals surface area contributed by atoms with Crippen LogP contribution in [0.15, 0.2) is 53.2 Å². The minimum atomic E-state index is -0.493. The average Bonchev–Trinajstić information content (AvgIpc) is 3.05. The monoisotopic (exact) mass is 332 g/mol. The van der Waals surface area contributed by atoms with Crippen molar-refractivity contribution in [1.82, 2.24) is 10.7 Å². The van der Waals surface area contributed by atoms with Crippen LogP contribution in [-0.4, -0.2) is 15.9 Å². The lowest BCUT2D eigenvalue weighted by molar-refractivity contribution is -0.384. The topological polar surface area (TPSA) is 109 Å². The number of nitrogens with one attached hydrogen (secondary N) is 3. The largest absolute Gasteiger partial charge is 0.465 e. The summed E-state index contributed by atoms with van der Waals surface area (Å²) < 4.78 is 5.05. The Hall–Kier alpha value is -3.20. The molecule has 0 unspecified atom stereocenters. The zero-order valence-electron chi connectivity index (χ0n) is 11.7. The summed E-state index contributed by atoms with van der Waals surface area (Å²) in [6.45, 7) is 0. The molecular formula is C14H12N4O4S. The number of benzene rings is 1. The number of hydrogen-bond donors (Lipinski definition) is 3. The van der Waals surface area contributed by atoms with Gasteiger partial charge in [-0.3, -0.25) is 31.1 Å². The molecule has 1 aromatic carbocycles. The van der Waals surface area contributed by atoms with Crippen molar-refractivity contribution in [2.75, 3.05) is 5.43 Å². The lowest BCUT2D eigenvalue weighted by Crippen LogP contribution is -2.41. The number of furan rings is 1. The molecule has 9 heteroatoms. The van der Waals surface area contributed by atoms with Gasteiger partial charge in [-0.25, -0.2) is 0 Å². The van der Waals surface area contributed by atoms with Gasteiger partial charge in [0, 0.05) is 18.2 Å². The Labute approximate surface area is 136 Å². The number of carbonyl (C=O) groups excluding carboxylic acids is 1. The molecule has 1 amide bonds. The Kier molecular flexibility index (Phi) is 5.42. The maximum absolute atomic E-state index is 11.6. The second-order valence-electron chi connectivity index (χ2n) is 4.22. The Morgan fingerprint density at radius 3 is 2.61 bits per heavy atom. The van der Waals surface area contributed by atoms with Gasteiger partial charge in [-0.1, -0.05) is 0 Å². The third-order valence-corrected chi connectivity index (χ3v) is 2.78. The van der Waals surface area contributed by atoms with Crippen LogP contribution in [0.5, 0.6) is 0 Å². The van der Waals surface area contributed by atoms with Gasteiger partial charge in [0.2, 0.25) is 5.91 Å². The molecule has 0 spiro atoms. The number of nitro benzene ring substituents is 1. The fourth-order valence-electron chi connectivity index (χ4n) is 1.52. The molecule has 0 bridgehead atoms. The molecule has 8 nitrogen and oxygen atoms in total. The van der Waals surface area contributed by atoms with Crippen molar-refractivity contribution in [2.24, 2.45) is 0 Å². The quantitative estimate of drug-likeness (QED) is 0.333. The molecule has 23 heavy (non-hydrogen) atoms. The number of thiocarbonyl (C=S) groups is 1. The Balaban J connectivity index is 1.78. The van der Waals surface area contributed by atoms with Gasteiger partial charge in [-0.05, 0) is 42.6 Å². The Bertz CT molecular complexity index is 726. The molecule has 2 rings (SSSR count). The molecule has 1 heterocycles. The number of hydrogen-bond acceptors (Lipinski definition) is 6. The predicted octanol–water partition coefficient (Wildman–Crippen LogP) is 2.22. The van der Waals surface area contributed by atoms with E-state index in [1.165, 1.54) is 42.7 Å². The van der Waals surface area contributed by atoms with E-state index < -0.39 is 10.8 Å². The fourth-order valence-corrected chi connectivity index (χ4v) is 1.68. The summed E-state index contributed by atoms with van der Waals surface area (Å²) in [6, 6.07) is 9.11. The second kappa shape index (κ2) is 7.71. The molecule has 0 atom stereocenters. The first-order valence-electron chi connectivity index (χ1n) is 6.37. The van der Waals surface area contributed by atoms with Crippen LogP contribution in [-0.2, 0) is 4.79 Å². The van der Waals surface area contributed by atoms with E-state index in [4.69, 9.17) is 16.6 Å². The summed E-state index contributed by atoms with van der Waals surface area (Å²) >= 11 is 4.94. The van der Waals surface area contributed by atoms with Gasteiger partial charge < -0.3 is 4.42 Å². The molecule has 0 radical (unpaired) electrons. The van der Waals surface area contributed by atoms with Gasteiger partial charge in [0.25, 0.3) is 5.69 Å². The second-order valence-corrected chi connectivity index (χ2v) is 4.63. The summed E-state index contributed by atoms with van der Waals surface area (Å²) in [7, 11) is 0. The first-order chi connectivity index (χ1) is 11.0. The van der Waals surface area contributed by atoms with Crippen LogP contribution in [0.2, 0.25) is 0 Å². The minimum absolute atomic E-state index is 0.0190. The number of carbonyl (C=O) groups is 1. The van der Waals surface area contributed by atoms with E-state index in [-0.39, 0.29) is 10.8 Å². The van der Waals surface area contributed by atoms with Crippen LogP contribution in [0.3, 0.4) is 0 Å². The first kappa shape index (κ1) is 16.2. The highest BCUT2D eigenvalue weighted by atomic mass is 32.1. The molecule has 118 valence electrons. The maximum Gasteiger partial charge on any atom is 0.269 e. The van der Waals surface area contributed by atoms with E-state index in [9.17, 15) is 14.9 Å². The molecule has 0 aliphatic rings. The molecule has 2 aromatic rings. The maximum atomic E-state index is 11.6. The zero-order valence-corrected chi connectivity index (χ0v) is 12.5. The summed E-state index contributed by atoms with van der Waals surface area (Å²) in [6.07, 6.45) is 4.28. The van der Waals surface area contributed by atoms with Crippen molar-refractivity contribution in [3.8, 4) is 0 Å². The van der Waals surface area contributed by atoms with Crippen LogP contribution in [0.25, 0.3) is 6.08 Å². The van der Waals surface area contributed by atoms with Crippen molar-refractivity contribution >= 4 is 40.7 Å². The summed E-state index contributed by atoms with van der Waals surface area (Å²) in [5, 5.41) is 13.0. The van der Waals surface area contributed by atoms with Crippen LogP contribution < -0.4 is 16.2 Å². The number of anilines is 1. The van der Waals surface area contributed by atoms with Gasteiger partial charge in [0.15, 0.2) is 5.11 Å². The first-order valence-corrected chi connectivity index (χ1v) is 6.78. The average molecular weight is 332 g/mol. The van der Waals surface area contributed by atoms with E-state index >= 15 is 0 Å². The van der Waals surface area contributed by atoms with Crippen molar-refractivity contribution in [1.29, 1.82) is 0 Å². The highest BCUT2D eigenvalue weighted by Crippen LogP contribution is 2.14. The van der Waals surface area contributed by atoms with E-state index in [2.05, 4.69) is 16.2 Å². The zero-order chi connectivity index (χ0) is 16.7. The summed E-state index contributed by atoms with van der Waals surface area (Å²) in [4.78, 5) is 21.7. The lowest BCUT2D eigenvalue weighted by Gasteiger charge is -2.10. The van der Waals surface area contributed by atoms with Crippen LogP contribution in [0.1, 0.15) is 5.76 Å². The SMILES string of the molecule is O=C(/C=C/c1ccco1)NC(=S)NNc1ccc([N+](=O)[O-])cc1. The highest BCUT2D eigenvalue weighted by molar-refractivity contribution is 7.80. The standard InChI is InChI=1S/C14H12N4O4S/c19-13(8-7-12-2-1-9-22-12)15-14(23)17-16-10-3-5-11(6-4-10)18(20)21/h1-9,16H,(H2,15,17,19,23)/b8-7+. The third kappa shape index (κ3) is 5.25. The van der Waals surface area contributed by atoms with Crippen LogP contribution in [0, 0.1) is 10.1 Å². The predicted molar refractivity (Wildman–Crippen MR) is 88.3 cm³/mol. The molecule has 0 aliphatic heterocycles. The smallest absolute Gasteiger partial charge is 0.269 e. The molecule has 1 aromatic heterocycles. The lowest BCUT2D eigenvalue weighted by atomic mass is 10.3. The number of nitro groups is 1. The van der Waals surface area contributed by atoms with E-state index in [1.54, 1.807) is 12.1 Å². The fraction of sp³-hybridized carbons (Fsp3) is 0. The third-order valence-electron chi connectivity index (χ3n) is 2.58. The van der Waals surface area contributed by atoms with Gasteiger partial charge in [-0.15, -0.1) is 0 Å². The number of hydrazine groups is 1. The van der Waals surface area contributed by atoms with Crippen molar-refractivity contribution in [3.05, 3.63) is 64.6 Å².